The molecule has 0 aromatic carbocycles. The number of hydrogen-bond acceptors (Lipinski definition) is 3. The third-order valence-corrected chi connectivity index (χ3v) is 3.33. The van der Waals surface area contributed by atoms with Gasteiger partial charge in [-0.1, -0.05) is 0 Å². The van der Waals surface area contributed by atoms with Crippen LogP contribution in [0.15, 0.2) is 24.5 Å². The number of nitrogens with zero attached hydrogens (tertiary/aromatic N) is 2. The minimum atomic E-state index is 0.0994. The van der Waals surface area contributed by atoms with E-state index < -0.39 is 0 Å². The van der Waals surface area contributed by atoms with E-state index in [9.17, 15) is 4.79 Å². The van der Waals surface area contributed by atoms with Crippen LogP contribution in [-0.4, -0.2) is 40.5 Å². The molecule has 0 atom stereocenters. The lowest BCUT2D eigenvalue weighted by Gasteiger charge is -2.36. The fourth-order valence-corrected chi connectivity index (χ4v) is 2.51. The lowest BCUT2D eigenvalue weighted by molar-refractivity contribution is 0.0697. The topological polar surface area (TPSA) is 45.2 Å². The largest absolute Gasteiger partial charge is 0.338 e. The van der Waals surface area contributed by atoms with Crippen LogP contribution in [0.5, 0.6) is 0 Å². The number of pyridine rings is 1. The highest BCUT2D eigenvalue weighted by Crippen LogP contribution is 2.16. The Morgan fingerprint density at radius 3 is 2.58 bits per heavy atom. The zero-order valence-corrected chi connectivity index (χ0v) is 12.0. The van der Waals surface area contributed by atoms with Crippen molar-refractivity contribution in [2.75, 3.05) is 13.1 Å². The van der Waals surface area contributed by atoms with Crippen molar-refractivity contribution < 1.29 is 4.79 Å². The van der Waals surface area contributed by atoms with E-state index in [1.54, 1.807) is 18.5 Å². The van der Waals surface area contributed by atoms with E-state index in [1.165, 1.54) is 0 Å². The molecule has 0 radical (unpaired) electrons. The molecule has 1 saturated heterocycles. The highest BCUT2D eigenvalue weighted by Gasteiger charge is 2.25. The Kier molecular flexibility index (Phi) is 4.20. The van der Waals surface area contributed by atoms with E-state index in [-0.39, 0.29) is 11.4 Å². The second-order valence-electron chi connectivity index (χ2n) is 6.20. The van der Waals surface area contributed by atoms with Crippen LogP contribution in [0.2, 0.25) is 0 Å². The van der Waals surface area contributed by atoms with Crippen molar-refractivity contribution >= 4 is 5.91 Å². The van der Waals surface area contributed by atoms with Gasteiger partial charge in [0.2, 0.25) is 0 Å². The predicted molar refractivity (Wildman–Crippen MR) is 76.1 cm³/mol. The Balaban J connectivity index is 1.88. The van der Waals surface area contributed by atoms with Crippen molar-refractivity contribution in [3.8, 4) is 0 Å². The molecule has 1 fully saturated rings. The van der Waals surface area contributed by atoms with Crippen LogP contribution in [0.4, 0.5) is 0 Å². The standard InChI is InChI=1S/C15H23N3O/c1-15(2,3)17-13-6-9-18(10-7-13)14(19)12-5-4-8-16-11-12/h4-5,8,11,13,17H,6-7,9-10H2,1-3H3. The van der Waals surface area contributed by atoms with Gasteiger partial charge in [-0.05, 0) is 45.7 Å². The zero-order valence-electron chi connectivity index (χ0n) is 12.0. The molecular formula is C15H23N3O. The number of likely N-dealkylation sites (tertiary alicyclic amines) is 1. The molecule has 1 aliphatic rings. The average molecular weight is 261 g/mol. The third kappa shape index (κ3) is 4.03. The van der Waals surface area contributed by atoms with E-state index in [0.29, 0.717) is 11.6 Å². The van der Waals surface area contributed by atoms with Crippen LogP contribution < -0.4 is 5.32 Å². The molecule has 1 amide bonds. The van der Waals surface area contributed by atoms with Crippen LogP contribution in [-0.2, 0) is 0 Å². The van der Waals surface area contributed by atoms with Gasteiger partial charge in [-0.25, -0.2) is 0 Å². The fourth-order valence-electron chi connectivity index (χ4n) is 2.51. The molecule has 0 spiro atoms. The molecule has 4 nitrogen and oxygen atoms in total. The number of rotatable bonds is 2. The quantitative estimate of drug-likeness (QED) is 0.886. The molecule has 4 heteroatoms. The maximum atomic E-state index is 12.3. The third-order valence-electron chi connectivity index (χ3n) is 3.33. The minimum Gasteiger partial charge on any atom is -0.338 e. The fraction of sp³-hybridized carbons (Fsp3) is 0.600. The Morgan fingerprint density at radius 2 is 2.05 bits per heavy atom. The summed E-state index contributed by atoms with van der Waals surface area (Å²) in [4.78, 5) is 18.2. The first-order valence-electron chi connectivity index (χ1n) is 6.93. The smallest absolute Gasteiger partial charge is 0.255 e. The van der Waals surface area contributed by atoms with Crippen molar-refractivity contribution in [1.82, 2.24) is 15.2 Å². The molecule has 0 bridgehead atoms. The van der Waals surface area contributed by atoms with Crippen LogP contribution in [0.3, 0.4) is 0 Å². The van der Waals surface area contributed by atoms with Crippen LogP contribution in [0.1, 0.15) is 44.0 Å². The number of piperidine rings is 1. The van der Waals surface area contributed by atoms with Gasteiger partial charge in [0.15, 0.2) is 0 Å². The summed E-state index contributed by atoms with van der Waals surface area (Å²) in [5, 5.41) is 3.61. The summed E-state index contributed by atoms with van der Waals surface area (Å²) < 4.78 is 0. The van der Waals surface area contributed by atoms with Crippen molar-refractivity contribution in [1.29, 1.82) is 0 Å². The van der Waals surface area contributed by atoms with Gasteiger partial charge in [-0.15, -0.1) is 0 Å². The number of carbonyl (C=O) groups is 1. The Bertz CT molecular complexity index is 417. The Morgan fingerprint density at radius 1 is 1.37 bits per heavy atom. The summed E-state index contributed by atoms with van der Waals surface area (Å²) in [5.41, 5.74) is 0.824. The Labute approximate surface area is 115 Å². The van der Waals surface area contributed by atoms with Gasteiger partial charge in [0, 0.05) is 37.1 Å². The Hall–Kier alpha value is -1.42. The molecule has 0 saturated carbocycles. The van der Waals surface area contributed by atoms with Crippen LogP contribution >= 0.6 is 0 Å². The number of amides is 1. The molecule has 0 aliphatic carbocycles. The molecule has 104 valence electrons. The van der Waals surface area contributed by atoms with Gasteiger partial charge >= 0.3 is 0 Å². The second-order valence-corrected chi connectivity index (χ2v) is 6.20. The first-order chi connectivity index (χ1) is 8.96. The molecule has 1 aromatic heterocycles. The molecule has 1 N–H and O–H groups in total. The SMILES string of the molecule is CC(C)(C)NC1CCN(C(=O)c2cccnc2)CC1. The first kappa shape index (κ1) is 14.0. The van der Waals surface area contributed by atoms with Gasteiger partial charge < -0.3 is 10.2 Å². The van der Waals surface area contributed by atoms with Crippen molar-refractivity contribution in [2.24, 2.45) is 0 Å². The van der Waals surface area contributed by atoms with Gasteiger partial charge in [-0.2, -0.15) is 0 Å². The zero-order chi connectivity index (χ0) is 13.9. The molecule has 1 aromatic rings. The van der Waals surface area contributed by atoms with Crippen molar-refractivity contribution in [2.45, 2.75) is 45.2 Å². The summed E-state index contributed by atoms with van der Waals surface area (Å²) >= 11 is 0. The van der Waals surface area contributed by atoms with Gasteiger partial charge in [0.1, 0.15) is 0 Å². The highest BCUT2D eigenvalue weighted by atomic mass is 16.2. The number of hydrogen-bond donors (Lipinski definition) is 1. The first-order valence-corrected chi connectivity index (χ1v) is 6.93. The molecule has 1 aliphatic heterocycles. The molecule has 0 unspecified atom stereocenters. The van der Waals surface area contributed by atoms with E-state index in [0.717, 1.165) is 25.9 Å². The number of carbonyl (C=O) groups excluding carboxylic acids is 1. The minimum absolute atomic E-state index is 0.0994. The maximum Gasteiger partial charge on any atom is 0.255 e. The van der Waals surface area contributed by atoms with E-state index in [2.05, 4.69) is 31.1 Å². The molecular weight excluding hydrogens is 238 g/mol. The number of nitrogens with one attached hydrogen (secondary N) is 1. The second kappa shape index (κ2) is 5.70. The summed E-state index contributed by atoms with van der Waals surface area (Å²) in [6.45, 7) is 8.18. The molecule has 19 heavy (non-hydrogen) atoms. The predicted octanol–water partition coefficient (Wildman–Crippen LogP) is 2.07. The molecule has 2 heterocycles. The molecule has 2 rings (SSSR count). The maximum absolute atomic E-state index is 12.3. The van der Waals surface area contributed by atoms with Crippen molar-refractivity contribution in [3.05, 3.63) is 30.1 Å². The lowest BCUT2D eigenvalue weighted by atomic mass is 9.99. The van der Waals surface area contributed by atoms with Crippen LogP contribution in [0, 0.1) is 0 Å². The monoisotopic (exact) mass is 261 g/mol. The number of aromatic nitrogens is 1. The lowest BCUT2D eigenvalue weighted by Crippen LogP contribution is -2.50. The summed E-state index contributed by atoms with van der Waals surface area (Å²) in [6, 6.07) is 4.15. The van der Waals surface area contributed by atoms with E-state index in [1.807, 2.05) is 11.0 Å². The highest BCUT2D eigenvalue weighted by molar-refractivity contribution is 5.93. The van der Waals surface area contributed by atoms with Gasteiger partial charge in [0.05, 0.1) is 5.56 Å². The average Bonchev–Trinajstić information content (AvgIpc) is 2.38. The van der Waals surface area contributed by atoms with Crippen molar-refractivity contribution in [3.63, 3.8) is 0 Å². The summed E-state index contributed by atoms with van der Waals surface area (Å²) in [5.74, 6) is 0.0994. The van der Waals surface area contributed by atoms with E-state index >= 15 is 0 Å². The van der Waals surface area contributed by atoms with Gasteiger partial charge in [0.25, 0.3) is 5.91 Å². The van der Waals surface area contributed by atoms with Gasteiger partial charge in [-0.3, -0.25) is 9.78 Å². The van der Waals surface area contributed by atoms with E-state index in [4.69, 9.17) is 0 Å². The summed E-state index contributed by atoms with van der Waals surface area (Å²) in [6.07, 6.45) is 5.37. The van der Waals surface area contributed by atoms with Crippen LogP contribution in [0.25, 0.3) is 0 Å². The summed E-state index contributed by atoms with van der Waals surface area (Å²) in [7, 11) is 0. The normalized spacial score (nSPS) is 17.5.